The van der Waals surface area contributed by atoms with Crippen molar-refractivity contribution in [3.8, 4) is 0 Å². The molecule has 2 aromatic heterocycles. The van der Waals surface area contributed by atoms with Gasteiger partial charge in [-0.3, -0.25) is 4.79 Å². The molecule has 0 unspecified atom stereocenters. The summed E-state index contributed by atoms with van der Waals surface area (Å²) in [6.07, 6.45) is 5.34. The molecule has 88 valence electrons. The lowest BCUT2D eigenvalue weighted by Crippen LogP contribution is -2.29. The summed E-state index contributed by atoms with van der Waals surface area (Å²) in [6, 6.07) is 2.17. The predicted octanol–water partition coefficient (Wildman–Crippen LogP) is 0.508. The number of rotatable bonds is 2. The first-order valence-corrected chi connectivity index (χ1v) is 5.44. The first kappa shape index (κ1) is 10.1. The summed E-state index contributed by atoms with van der Waals surface area (Å²) >= 11 is 0. The van der Waals surface area contributed by atoms with Crippen molar-refractivity contribution in [2.24, 2.45) is 0 Å². The topological polar surface area (TPSA) is 66.1 Å². The molecule has 0 N–H and O–H groups in total. The van der Waals surface area contributed by atoms with Crippen LogP contribution in [-0.2, 0) is 4.79 Å². The highest BCUT2D eigenvalue weighted by Crippen LogP contribution is 2.36. The molecule has 1 saturated carbocycles. The fourth-order valence-corrected chi connectivity index (χ4v) is 1.87. The third-order valence-corrected chi connectivity index (χ3v) is 2.77. The molecule has 2 heterocycles. The fourth-order valence-electron chi connectivity index (χ4n) is 1.87. The number of aromatic nitrogens is 3. The van der Waals surface area contributed by atoms with Crippen LogP contribution in [0.1, 0.15) is 25.8 Å². The Labute approximate surface area is 96.4 Å². The van der Waals surface area contributed by atoms with Gasteiger partial charge in [0.05, 0.1) is 5.39 Å². The van der Waals surface area contributed by atoms with E-state index >= 15 is 0 Å². The van der Waals surface area contributed by atoms with Gasteiger partial charge in [-0.15, -0.1) is 4.73 Å². The summed E-state index contributed by atoms with van der Waals surface area (Å²) in [5, 5.41) is 0.473. The zero-order valence-electron chi connectivity index (χ0n) is 9.29. The van der Waals surface area contributed by atoms with Gasteiger partial charge in [0.25, 0.3) is 5.56 Å². The molecule has 17 heavy (non-hydrogen) atoms. The highest BCUT2D eigenvalue weighted by Gasteiger charge is 2.25. The molecule has 0 amide bonds. The Balaban J connectivity index is 2.15. The molecule has 6 nitrogen and oxygen atoms in total. The average molecular weight is 233 g/mol. The van der Waals surface area contributed by atoms with E-state index in [9.17, 15) is 9.59 Å². The van der Waals surface area contributed by atoms with Gasteiger partial charge in [0, 0.05) is 19.2 Å². The van der Waals surface area contributed by atoms with Crippen LogP contribution >= 0.6 is 0 Å². The van der Waals surface area contributed by atoms with E-state index in [2.05, 4.69) is 4.98 Å². The summed E-state index contributed by atoms with van der Waals surface area (Å²) in [4.78, 5) is 31.7. The van der Waals surface area contributed by atoms with Crippen LogP contribution in [0.3, 0.4) is 0 Å². The second-order valence-electron chi connectivity index (χ2n) is 4.15. The maximum atomic E-state index is 12.0. The van der Waals surface area contributed by atoms with Crippen LogP contribution in [-0.4, -0.2) is 20.3 Å². The monoisotopic (exact) mass is 233 g/mol. The summed E-state index contributed by atoms with van der Waals surface area (Å²) in [6.45, 7) is 1.24. The lowest BCUT2D eigenvalue weighted by atomic mass is 10.4. The largest absolute Gasteiger partial charge is 0.332 e. The van der Waals surface area contributed by atoms with Crippen LogP contribution < -0.4 is 10.4 Å². The van der Waals surface area contributed by atoms with Gasteiger partial charge in [0.2, 0.25) is 0 Å². The Morgan fingerprint density at radius 2 is 2.29 bits per heavy atom. The van der Waals surface area contributed by atoms with Crippen molar-refractivity contribution < 1.29 is 9.63 Å². The second kappa shape index (κ2) is 3.44. The number of nitrogens with zero attached hydrogens (tertiary/aromatic N) is 3. The van der Waals surface area contributed by atoms with E-state index in [0.29, 0.717) is 17.1 Å². The van der Waals surface area contributed by atoms with Crippen LogP contribution in [0.5, 0.6) is 0 Å². The first-order chi connectivity index (χ1) is 8.16. The van der Waals surface area contributed by atoms with Crippen LogP contribution in [0, 0.1) is 0 Å². The van der Waals surface area contributed by atoms with Crippen LogP contribution in [0.2, 0.25) is 0 Å². The van der Waals surface area contributed by atoms with Gasteiger partial charge >= 0.3 is 5.97 Å². The molecule has 1 aliphatic rings. The molecule has 6 heteroatoms. The van der Waals surface area contributed by atoms with E-state index in [0.717, 1.165) is 17.6 Å². The summed E-state index contributed by atoms with van der Waals surface area (Å²) in [5.41, 5.74) is 0.297. The zero-order valence-corrected chi connectivity index (χ0v) is 9.29. The van der Waals surface area contributed by atoms with Crippen molar-refractivity contribution >= 4 is 17.0 Å². The smallest absolute Gasteiger partial charge is 0.330 e. The quantitative estimate of drug-likeness (QED) is 0.758. The van der Waals surface area contributed by atoms with Crippen molar-refractivity contribution in [2.45, 2.75) is 25.8 Å². The third-order valence-electron chi connectivity index (χ3n) is 2.77. The van der Waals surface area contributed by atoms with Crippen LogP contribution in [0.4, 0.5) is 0 Å². The molecule has 0 spiro atoms. The van der Waals surface area contributed by atoms with E-state index in [-0.39, 0.29) is 5.56 Å². The van der Waals surface area contributed by atoms with Crippen molar-refractivity contribution in [2.75, 3.05) is 0 Å². The second-order valence-corrected chi connectivity index (χ2v) is 4.15. The summed E-state index contributed by atoms with van der Waals surface area (Å²) < 4.78 is 2.86. The van der Waals surface area contributed by atoms with Gasteiger partial charge in [-0.05, 0) is 18.9 Å². The number of hydrogen-bond donors (Lipinski definition) is 0. The van der Waals surface area contributed by atoms with Crippen molar-refractivity contribution in [3.05, 3.63) is 28.9 Å². The number of carbonyl (C=O) groups excluding carboxylic acids is 1. The maximum Gasteiger partial charge on any atom is 0.330 e. The minimum atomic E-state index is -0.546. The Morgan fingerprint density at radius 1 is 1.53 bits per heavy atom. The predicted molar refractivity (Wildman–Crippen MR) is 59.5 cm³/mol. The van der Waals surface area contributed by atoms with Gasteiger partial charge in [0.15, 0.2) is 0 Å². The third kappa shape index (κ3) is 1.61. The molecular formula is C11H11N3O3. The highest BCUT2D eigenvalue weighted by molar-refractivity contribution is 5.75. The van der Waals surface area contributed by atoms with E-state index in [4.69, 9.17) is 4.84 Å². The van der Waals surface area contributed by atoms with Gasteiger partial charge in [-0.2, -0.15) is 0 Å². The molecule has 3 rings (SSSR count). The van der Waals surface area contributed by atoms with E-state index < -0.39 is 5.97 Å². The molecule has 1 fully saturated rings. The van der Waals surface area contributed by atoms with Gasteiger partial charge in [-0.1, -0.05) is 0 Å². The lowest BCUT2D eigenvalue weighted by molar-refractivity contribution is -0.142. The molecule has 2 aromatic rings. The van der Waals surface area contributed by atoms with Gasteiger partial charge < -0.3 is 9.40 Å². The normalized spacial score (nSPS) is 15.1. The molecule has 0 bridgehead atoms. The minimum Gasteiger partial charge on any atom is -0.332 e. The highest BCUT2D eigenvalue weighted by atomic mass is 16.7. The van der Waals surface area contributed by atoms with E-state index in [1.54, 1.807) is 6.07 Å². The molecule has 0 saturated heterocycles. The van der Waals surface area contributed by atoms with E-state index in [1.807, 2.05) is 10.8 Å². The summed E-state index contributed by atoms with van der Waals surface area (Å²) in [7, 11) is 0. The summed E-state index contributed by atoms with van der Waals surface area (Å²) in [5.74, 6) is -0.546. The lowest BCUT2D eigenvalue weighted by Gasteiger charge is -2.04. The number of hydrogen-bond acceptors (Lipinski definition) is 4. The average Bonchev–Trinajstić information content (AvgIpc) is 3.02. The fraction of sp³-hybridized carbons (Fsp3) is 0.364. The molecular weight excluding hydrogens is 222 g/mol. The van der Waals surface area contributed by atoms with Crippen molar-refractivity contribution in [1.29, 1.82) is 0 Å². The number of fused-ring (bicyclic) bond motifs is 1. The molecule has 0 aliphatic heterocycles. The Hall–Kier alpha value is -2.11. The molecule has 1 aliphatic carbocycles. The minimum absolute atomic E-state index is 0.357. The Morgan fingerprint density at radius 3 is 2.94 bits per heavy atom. The van der Waals surface area contributed by atoms with Crippen LogP contribution in [0.25, 0.3) is 11.0 Å². The van der Waals surface area contributed by atoms with Crippen LogP contribution in [0.15, 0.2) is 23.4 Å². The SMILES string of the molecule is CC(=O)On1cnc2c(ccn2C2CC2)c1=O. The van der Waals surface area contributed by atoms with Crippen molar-refractivity contribution in [1.82, 2.24) is 14.3 Å². The van der Waals surface area contributed by atoms with Crippen molar-refractivity contribution in [3.63, 3.8) is 0 Å². The standard InChI is InChI=1S/C11H11N3O3/c1-7(15)17-14-6-12-10-9(11(14)16)4-5-13(10)8-2-3-8/h4-6,8H,2-3H2,1H3. The maximum absolute atomic E-state index is 12.0. The zero-order chi connectivity index (χ0) is 12.0. The number of carbonyl (C=O) groups is 1. The molecule has 0 atom stereocenters. The van der Waals surface area contributed by atoms with E-state index in [1.165, 1.54) is 13.3 Å². The van der Waals surface area contributed by atoms with Gasteiger partial charge in [0.1, 0.15) is 12.0 Å². The molecule has 0 aromatic carbocycles. The first-order valence-electron chi connectivity index (χ1n) is 5.44. The molecule has 0 radical (unpaired) electrons. The Kier molecular flexibility index (Phi) is 2.04. The van der Waals surface area contributed by atoms with Gasteiger partial charge in [-0.25, -0.2) is 9.78 Å². The Bertz CT molecular complexity index is 652.